The summed E-state index contributed by atoms with van der Waals surface area (Å²) in [6.45, 7) is 2.77. The Morgan fingerprint density at radius 2 is 1.84 bits per heavy atom. The Kier molecular flexibility index (Phi) is 5.99. The largest absolute Gasteiger partial charge is 0.493 e. The summed E-state index contributed by atoms with van der Waals surface area (Å²) in [5, 5.41) is 2.85. The first-order valence-corrected chi connectivity index (χ1v) is 6.43. The number of rotatable bonds is 7. The van der Waals surface area contributed by atoms with Crippen molar-refractivity contribution in [3.05, 3.63) is 17.7 Å². The maximum Gasteiger partial charge on any atom is 0.253 e. The Hall–Kier alpha value is -1.91. The van der Waals surface area contributed by atoms with Gasteiger partial charge in [-0.1, -0.05) is 19.8 Å². The first-order chi connectivity index (χ1) is 9.13. The van der Waals surface area contributed by atoms with Crippen LogP contribution in [0.25, 0.3) is 0 Å². The third kappa shape index (κ3) is 4.05. The highest BCUT2D eigenvalue weighted by Gasteiger charge is 2.14. The van der Waals surface area contributed by atoms with Gasteiger partial charge in [0.1, 0.15) is 0 Å². The molecule has 0 aromatic heterocycles. The van der Waals surface area contributed by atoms with Gasteiger partial charge in [-0.2, -0.15) is 0 Å². The Labute approximate surface area is 114 Å². The SMILES string of the molecule is CCCCCNC(=O)c1cc(OC)c(OC)cc1N. The van der Waals surface area contributed by atoms with Gasteiger partial charge in [0.05, 0.1) is 19.8 Å². The van der Waals surface area contributed by atoms with E-state index in [9.17, 15) is 4.79 Å². The van der Waals surface area contributed by atoms with Gasteiger partial charge in [-0.25, -0.2) is 0 Å². The average Bonchev–Trinajstić information content (AvgIpc) is 2.42. The highest BCUT2D eigenvalue weighted by atomic mass is 16.5. The van der Waals surface area contributed by atoms with Crippen molar-refractivity contribution in [2.75, 3.05) is 26.5 Å². The predicted molar refractivity (Wildman–Crippen MR) is 75.8 cm³/mol. The molecule has 3 N–H and O–H groups in total. The van der Waals surface area contributed by atoms with Gasteiger partial charge in [0.25, 0.3) is 5.91 Å². The lowest BCUT2D eigenvalue weighted by molar-refractivity contribution is 0.0953. The van der Waals surface area contributed by atoms with Gasteiger partial charge in [-0.05, 0) is 12.5 Å². The summed E-state index contributed by atoms with van der Waals surface area (Å²) in [7, 11) is 3.05. The van der Waals surface area contributed by atoms with Gasteiger partial charge in [0.15, 0.2) is 11.5 Å². The minimum Gasteiger partial charge on any atom is -0.493 e. The zero-order valence-corrected chi connectivity index (χ0v) is 11.8. The van der Waals surface area contributed by atoms with Crippen molar-refractivity contribution in [1.82, 2.24) is 5.32 Å². The van der Waals surface area contributed by atoms with Crippen LogP contribution in [0.1, 0.15) is 36.5 Å². The van der Waals surface area contributed by atoms with Crippen molar-refractivity contribution < 1.29 is 14.3 Å². The molecule has 1 aromatic rings. The number of hydrogen-bond acceptors (Lipinski definition) is 4. The number of nitrogens with two attached hydrogens (primary N) is 1. The van der Waals surface area contributed by atoms with Gasteiger partial charge in [0, 0.05) is 18.3 Å². The maximum atomic E-state index is 12.0. The van der Waals surface area contributed by atoms with Gasteiger partial charge >= 0.3 is 0 Å². The molecular weight excluding hydrogens is 244 g/mol. The van der Waals surface area contributed by atoms with E-state index in [0.29, 0.717) is 29.3 Å². The molecule has 0 atom stereocenters. The number of anilines is 1. The number of hydrogen-bond donors (Lipinski definition) is 2. The summed E-state index contributed by atoms with van der Waals surface area (Å²) < 4.78 is 10.3. The fraction of sp³-hybridized carbons (Fsp3) is 0.500. The molecule has 1 aromatic carbocycles. The Morgan fingerprint density at radius 1 is 1.21 bits per heavy atom. The summed E-state index contributed by atoms with van der Waals surface area (Å²) in [4.78, 5) is 12.0. The molecular formula is C14H22N2O3. The number of benzene rings is 1. The Bertz CT molecular complexity index is 433. The zero-order chi connectivity index (χ0) is 14.3. The quantitative estimate of drug-likeness (QED) is 0.586. The molecule has 106 valence electrons. The fourth-order valence-electron chi connectivity index (χ4n) is 1.76. The van der Waals surface area contributed by atoms with E-state index in [1.165, 1.54) is 14.2 Å². The molecule has 0 fully saturated rings. The van der Waals surface area contributed by atoms with E-state index >= 15 is 0 Å². The Morgan fingerprint density at radius 3 is 2.42 bits per heavy atom. The third-order valence-corrected chi connectivity index (χ3v) is 2.87. The molecule has 5 nitrogen and oxygen atoms in total. The molecule has 0 heterocycles. The molecule has 19 heavy (non-hydrogen) atoms. The molecule has 0 aliphatic heterocycles. The van der Waals surface area contributed by atoms with E-state index in [1.807, 2.05) is 0 Å². The van der Waals surface area contributed by atoms with Crippen LogP contribution in [0.4, 0.5) is 5.69 Å². The molecule has 5 heteroatoms. The van der Waals surface area contributed by atoms with E-state index < -0.39 is 0 Å². The molecule has 1 rings (SSSR count). The van der Waals surface area contributed by atoms with Crippen LogP contribution in [0.5, 0.6) is 11.5 Å². The maximum absolute atomic E-state index is 12.0. The van der Waals surface area contributed by atoms with E-state index in [-0.39, 0.29) is 5.91 Å². The zero-order valence-electron chi connectivity index (χ0n) is 11.8. The molecule has 0 bridgehead atoms. The number of carbonyl (C=O) groups excluding carboxylic acids is 1. The molecule has 0 aliphatic carbocycles. The van der Waals surface area contributed by atoms with Crippen LogP contribution in [-0.2, 0) is 0 Å². The second-order valence-corrected chi connectivity index (χ2v) is 4.26. The molecule has 0 radical (unpaired) electrons. The van der Waals surface area contributed by atoms with Crippen molar-refractivity contribution in [2.24, 2.45) is 0 Å². The lowest BCUT2D eigenvalue weighted by Crippen LogP contribution is -2.25. The van der Waals surface area contributed by atoms with Crippen molar-refractivity contribution in [1.29, 1.82) is 0 Å². The normalized spacial score (nSPS) is 10.1. The number of nitrogens with one attached hydrogen (secondary N) is 1. The van der Waals surface area contributed by atoms with E-state index in [0.717, 1.165) is 19.3 Å². The highest BCUT2D eigenvalue weighted by molar-refractivity contribution is 6.00. The minimum absolute atomic E-state index is 0.186. The van der Waals surface area contributed by atoms with Gasteiger partial charge in [-0.3, -0.25) is 4.79 Å². The first kappa shape index (κ1) is 15.1. The van der Waals surface area contributed by atoms with E-state index in [4.69, 9.17) is 15.2 Å². The molecule has 0 unspecified atom stereocenters. The van der Waals surface area contributed by atoms with E-state index in [2.05, 4.69) is 12.2 Å². The predicted octanol–water partition coefficient (Wildman–Crippen LogP) is 2.21. The van der Waals surface area contributed by atoms with Crippen LogP contribution < -0.4 is 20.5 Å². The smallest absolute Gasteiger partial charge is 0.253 e. The lowest BCUT2D eigenvalue weighted by atomic mass is 10.1. The van der Waals surface area contributed by atoms with Crippen LogP contribution in [0.2, 0.25) is 0 Å². The summed E-state index contributed by atoms with van der Waals surface area (Å²) in [5.41, 5.74) is 6.65. The van der Waals surface area contributed by atoms with Crippen molar-refractivity contribution >= 4 is 11.6 Å². The number of carbonyl (C=O) groups is 1. The minimum atomic E-state index is -0.186. The summed E-state index contributed by atoms with van der Waals surface area (Å²) in [6, 6.07) is 3.20. The monoisotopic (exact) mass is 266 g/mol. The molecule has 0 saturated heterocycles. The average molecular weight is 266 g/mol. The fourth-order valence-corrected chi connectivity index (χ4v) is 1.76. The summed E-state index contributed by atoms with van der Waals surface area (Å²) in [6.07, 6.45) is 3.19. The first-order valence-electron chi connectivity index (χ1n) is 6.43. The molecule has 0 spiro atoms. The molecule has 0 aliphatic rings. The van der Waals surface area contributed by atoms with E-state index in [1.54, 1.807) is 12.1 Å². The number of unbranched alkanes of at least 4 members (excludes halogenated alkanes) is 2. The number of methoxy groups -OCH3 is 2. The van der Waals surface area contributed by atoms with Crippen molar-refractivity contribution in [2.45, 2.75) is 26.2 Å². The van der Waals surface area contributed by atoms with Gasteiger partial charge in [-0.15, -0.1) is 0 Å². The van der Waals surface area contributed by atoms with Gasteiger partial charge in [0.2, 0.25) is 0 Å². The highest BCUT2D eigenvalue weighted by Crippen LogP contribution is 2.31. The topological polar surface area (TPSA) is 73.6 Å². The standard InChI is InChI=1S/C14H22N2O3/c1-4-5-6-7-16-14(17)10-8-12(18-2)13(19-3)9-11(10)15/h8-9H,4-7,15H2,1-3H3,(H,16,17). The lowest BCUT2D eigenvalue weighted by Gasteiger charge is -2.12. The Balaban J connectivity index is 2.79. The number of amides is 1. The van der Waals surface area contributed by atoms with Gasteiger partial charge < -0.3 is 20.5 Å². The van der Waals surface area contributed by atoms with Crippen molar-refractivity contribution in [3.63, 3.8) is 0 Å². The van der Waals surface area contributed by atoms with Crippen LogP contribution in [0, 0.1) is 0 Å². The third-order valence-electron chi connectivity index (χ3n) is 2.87. The summed E-state index contributed by atoms with van der Waals surface area (Å²) in [5.74, 6) is 0.826. The summed E-state index contributed by atoms with van der Waals surface area (Å²) >= 11 is 0. The number of nitrogen functional groups attached to an aromatic ring is 1. The van der Waals surface area contributed by atoms with Crippen LogP contribution in [-0.4, -0.2) is 26.7 Å². The number of ether oxygens (including phenoxy) is 2. The molecule has 0 saturated carbocycles. The second kappa shape index (κ2) is 7.51. The molecule has 1 amide bonds. The second-order valence-electron chi connectivity index (χ2n) is 4.26. The van der Waals surface area contributed by atoms with Crippen molar-refractivity contribution in [3.8, 4) is 11.5 Å². The van der Waals surface area contributed by atoms with Crippen LogP contribution in [0.15, 0.2) is 12.1 Å². The van der Waals surface area contributed by atoms with Crippen LogP contribution in [0.3, 0.4) is 0 Å². The van der Waals surface area contributed by atoms with Crippen LogP contribution >= 0.6 is 0 Å².